The van der Waals surface area contributed by atoms with Crippen LogP contribution in [0.1, 0.15) is 27.6 Å². The van der Waals surface area contributed by atoms with Gasteiger partial charge < -0.3 is 9.84 Å². The Morgan fingerprint density at radius 2 is 2.05 bits per heavy atom. The predicted molar refractivity (Wildman–Crippen MR) is 70.2 cm³/mol. The summed E-state index contributed by atoms with van der Waals surface area (Å²) < 4.78 is 4.00. The Labute approximate surface area is 115 Å². The van der Waals surface area contributed by atoms with Crippen LogP contribution >= 0.6 is 0 Å². The number of methoxy groups -OCH3 is 1. The summed E-state index contributed by atoms with van der Waals surface area (Å²) in [6, 6.07) is 4.32. The number of ether oxygens (including phenoxy) is 1. The molecule has 0 aromatic heterocycles. The van der Waals surface area contributed by atoms with Crippen LogP contribution in [0, 0.1) is 0 Å². The molecule has 20 heavy (non-hydrogen) atoms. The largest absolute Gasteiger partial charge is 0.544 e. The Morgan fingerprint density at radius 1 is 1.40 bits per heavy atom. The third kappa shape index (κ3) is 1.60. The van der Waals surface area contributed by atoms with E-state index in [0.29, 0.717) is 5.69 Å². The fourth-order valence-electron chi connectivity index (χ4n) is 2.51. The number of benzene rings is 1. The van der Waals surface area contributed by atoms with Crippen LogP contribution in [0.15, 0.2) is 18.2 Å². The summed E-state index contributed by atoms with van der Waals surface area (Å²) in [5.74, 6) is -1.00. The van der Waals surface area contributed by atoms with Crippen molar-refractivity contribution in [3.8, 4) is 0 Å². The number of hydrogen-bond acceptors (Lipinski definition) is 4. The normalized spacial score (nSPS) is 20.8. The van der Waals surface area contributed by atoms with Crippen LogP contribution in [0.3, 0.4) is 0 Å². The summed E-state index contributed by atoms with van der Waals surface area (Å²) >= 11 is 0. The van der Waals surface area contributed by atoms with Crippen LogP contribution in [0.2, 0.25) is 0 Å². The molecule has 0 aliphatic carbocycles. The number of carbonyl (C=O) groups excluding carboxylic acids is 2. The van der Waals surface area contributed by atoms with Gasteiger partial charge in [-0.25, -0.2) is 4.79 Å². The van der Waals surface area contributed by atoms with Crippen molar-refractivity contribution in [2.45, 2.75) is 6.92 Å². The van der Waals surface area contributed by atoms with E-state index >= 15 is 0 Å². The van der Waals surface area contributed by atoms with Gasteiger partial charge in [-0.3, -0.25) is 4.79 Å². The molecule has 2 rings (SSSR count). The van der Waals surface area contributed by atoms with E-state index in [4.69, 9.17) is 0 Å². The van der Waals surface area contributed by atoms with Crippen molar-refractivity contribution >= 4 is 23.7 Å². The first-order valence-electron chi connectivity index (χ1n) is 6.03. The minimum Gasteiger partial charge on any atom is -0.465 e. The second kappa shape index (κ2) is 4.61. The highest BCUT2D eigenvalue weighted by Gasteiger charge is 2.54. The van der Waals surface area contributed by atoms with E-state index in [1.165, 1.54) is 32.4 Å². The van der Waals surface area contributed by atoms with Crippen molar-refractivity contribution in [3.63, 3.8) is 0 Å². The van der Waals surface area contributed by atoms with Crippen molar-refractivity contribution in [1.29, 1.82) is 0 Å². The third-order valence-electron chi connectivity index (χ3n) is 3.63. The number of quaternary nitrogens is 1. The van der Waals surface area contributed by atoms with E-state index in [2.05, 4.69) is 4.74 Å². The van der Waals surface area contributed by atoms with Gasteiger partial charge in [-0.1, -0.05) is 4.59 Å². The molecule has 1 atom stereocenters. The first kappa shape index (κ1) is 14.0. The predicted octanol–water partition coefficient (Wildman–Crippen LogP) is 1.48. The van der Waals surface area contributed by atoms with E-state index in [0.717, 1.165) is 5.01 Å². The van der Waals surface area contributed by atoms with Crippen LogP contribution in [-0.4, -0.2) is 48.8 Å². The molecule has 1 aliphatic rings. The summed E-state index contributed by atoms with van der Waals surface area (Å²) in [5.41, 5.74) is 0.772. The molecule has 7 nitrogen and oxygen atoms in total. The van der Waals surface area contributed by atoms with Crippen molar-refractivity contribution < 1.29 is 24.2 Å². The minimum absolute atomic E-state index is 0.183. The standard InChI is InChI=1S/C13H14N2O5/c1-4-15(13(18)19)10-6-5-8(12(17)20-3)7-9(10)11(16)14(15)2/h5-7H,4H2,1-3H3/p+1. The lowest BCUT2D eigenvalue weighted by Crippen LogP contribution is -2.61. The van der Waals surface area contributed by atoms with Gasteiger partial charge in [0, 0.05) is 6.07 Å². The Balaban J connectivity index is 2.66. The van der Waals surface area contributed by atoms with Gasteiger partial charge in [0.15, 0.2) is 5.69 Å². The summed E-state index contributed by atoms with van der Waals surface area (Å²) in [6.45, 7) is 1.86. The van der Waals surface area contributed by atoms with E-state index in [9.17, 15) is 19.5 Å². The molecule has 0 saturated carbocycles. The van der Waals surface area contributed by atoms with E-state index in [-0.39, 0.29) is 17.7 Å². The summed E-state index contributed by atoms with van der Waals surface area (Å²) in [6.07, 6.45) is -1.15. The van der Waals surface area contributed by atoms with Crippen LogP contribution in [-0.2, 0) is 4.74 Å². The van der Waals surface area contributed by atoms with E-state index in [1.807, 2.05) is 0 Å². The Bertz CT molecular complexity index is 613. The number of amides is 2. The van der Waals surface area contributed by atoms with Crippen LogP contribution in [0.5, 0.6) is 0 Å². The van der Waals surface area contributed by atoms with Crippen LogP contribution in [0.4, 0.5) is 10.5 Å². The molecule has 1 aliphatic heterocycles. The lowest BCUT2D eigenvalue weighted by molar-refractivity contribution is 0.0279. The molecule has 0 spiro atoms. The number of hydrogen-bond donors (Lipinski definition) is 1. The molecular weight excluding hydrogens is 264 g/mol. The Morgan fingerprint density at radius 3 is 2.55 bits per heavy atom. The SMILES string of the molecule is CC[N+]1(C(=O)O)c2ccc(C(=O)OC)cc2C(=O)N1C. The molecule has 1 N–H and O–H groups in total. The highest BCUT2D eigenvalue weighted by Crippen LogP contribution is 2.38. The summed E-state index contributed by atoms with van der Waals surface area (Å²) in [7, 11) is 2.67. The van der Waals surface area contributed by atoms with Crippen molar-refractivity contribution in [2.24, 2.45) is 0 Å². The maximum absolute atomic E-state index is 12.2. The van der Waals surface area contributed by atoms with Gasteiger partial charge in [-0.05, 0) is 19.1 Å². The third-order valence-corrected chi connectivity index (χ3v) is 3.63. The number of carbonyl (C=O) groups is 3. The number of esters is 1. The molecule has 0 bridgehead atoms. The Hall–Kier alpha value is -2.41. The second-order valence-corrected chi connectivity index (χ2v) is 4.42. The molecule has 1 aromatic carbocycles. The van der Waals surface area contributed by atoms with E-state index in [1.54, 1.807) is 6.92 Å². The Kier molecular flexibility index (Phi) is 3.23. The lowest BCUT2D eigenvalue weighted by Gasteiger charge is -2.31. The maximum atomic E-state index is 12.2. The number of nitrogens with zero attached hydrogens (tertiary/aromatic N) is 2. The molecule has 1 heterocycles. The molecule has 1 aromatic rings. The molecule has 2 amide bonds. The highest BCUT2D eigenvalue weighted by molar-refractivity contribution is 6.09. The van der Waals surface area contributed by atoms with Crippen molar-refractivity contribution in [3.05, 3.63) is 29.3 Å². The molecule has 1 unspecified atom stereocenters. The topological polar surface area (TPSA) is 83.9 Å². The fraction of sp³-hybridized carbons (Fsp3) is 0.308. The zero-order valence-corrected chi connectivity index (χ0v) is 11.4. The summed E-state index contributed by atoms with van der Waals surface area (Å²) in [4.78, 5) is 35.4. The van der Waals surface area contributed by atoms with Gasteiger partial charge in [-0.15, -0.1) is 0 Å². The van der Waals surface area contributed by atoms with Gasteiger partial charge >= 0.3 is 18.0 Å². The fourth-order valence-corrected chi connectivity index (χ4v) is 2.51. The van der Waals surface area contributed by atoms with Gasteiger partial charge in [0.05, 0.1) is 19.7 Å². The number of rotatable bonds is 2. The van der Waals surface area contributed by atoms with Crippen LogP contribution < -0.4 is 4.59 Å². The number of carboxylic acid groups (broad SMARTS) is 1. The first-order chi connectivity index (χ1) is 9.40. The molecule has 0 fully saturated rings. The van der Waals surface area contributed by atoms with Crippen molar-refractivity contribution in [2.75, 3.05) is 20.7 Å². The van der Waals surface area contributed by atoms with E-state index < -0.39 is 22.6 Å². The van der Waals surface area contributed by atoms with Crippen molar-refractivity contribution in [1.82, 2.24) is 9.60 Å². The average molecular weight is 279 g/mol. The quantitative estimate of drug-likeness (QED) is 0.654. The molecule has 7 heteroatoms. The average Bonchev–Trinajstić information content (AvgIpc) is 2.67. The monoisotopic (exact) mass is 279 g/mol. The molecular formula is C13H15N2O5+. The van der Waals surface area contributed by atoms with Gasteiger partial charge in [0.25, 0.3) is 0 Å². The second-order valence-electron chi connectivity index (χ2n) is 4.42. The zero-order chi connectivity index (χ0) is 15.1. The van der Waals surface area contributed by atoms with Crippen LogP contribution in [0.25, 0.3) is 0 Å². The molecule has 0 saturated heterocycles. The molecule has 106 valence electrons. The smallest absolute Gasteiger partial charge is 0.465 e. The zero-order valence-electron chi connectivity index (χ0n) is 11.4. The summed E-state index contributed by atoms with van der Waals surface area (Å²) in [5, 5.41) is 10.7. The molecule has 0 radical (unpaired) electrons. The highest BCUT2D eigenvalue weighted by atomic mass is 16.5. The van der Waals surface area contributed by atoms with Gasteiger partial charge in [0.1, 0.15) is 12.1 Å². The minimum atomic E-state index is -1.15. The maximum Gasteiger partial charge on any atom is 0.544 e. The lowest BCUT2D eigenvalue weighted by atomic mass is 10.1. The van der Waals surface area contributed by atoms with Gasteiger partial charge in [0.2, 0.25) is 0 Å². The van der Waals surface area contributed by atoms with Gasteiger partial charge in [-0.2, -0.15) is 9.80 Å². The first-order valence-corrected chi connectivity index (χ1v) is 6.03. The number of fused-ring (bicyclic) bond motifs is 1.